The normalized spacial score (nSPS) is 26.2. The summed E-state index contributed by atoms with van der Waals surface area (Å²) in [5.41, 5.74) is 2.96. The van der Waals surface area contributed by atoms with Gasteiger partial charge in [0.15, 0.2) is 0 Å². The fourth-order valence-corrected chi connectivity index (χ4v) is 4.79. The van der Waals surface area contributed by atoms with E-state index in [1.807, 2.05) is 6.21 Å². The van der Waals surface area contributed by atoms with Gasteiger partial charge in [-0.3, -0.25) is 9.59 Å². The molecule has 1 aromatic rings. The average Bonchev–Trinajstić information content (AvgIpc) is 2.72. The molecule has 0 spiro atoms. The van der Waals surface area contributed by atoms with Gasteiger partial charge < -0.3 is 5.11 Å². The third kappa shape index (κ3) is 5.99. The van der Waals surface area contributed by atoms with Crippen LogP contribution < -0.4 is 5.43 Å². The monoisotopic (exact) mass is 400 g/mol. The van der Waals surface area contributed by atoms with Crippen LogP contribution in [0.2, 0.25) is 0 Å². The molecule has 3 fully saturated rings. The van der Waals surface area contributed by atoms with Crippen molar-refractivity contribution in [3.05, 3.63) is 47.8 Å². The van der Waals surface area contributed by atoms with Gasteiger partial charge in [-0.05, 0) is 87.0 Å². The highest BCUT2D eigenvalue weighted by Crippen LogP contribution is 2.49. The van der Waals surface area contributed by atoms with Crippen LogP contribution >= 0.6 is 0 Å². The van der Waals surface area contributed by atoms with Gasteiger partial charge in [0.1, 0.15) is 5.82 Å². The van der Waals surface area contributed by atoms with Crippen LogP contribution in [0.15, 0.2) is 41.5 Å². The molecule has 2 bridgehead atoms. The molecule has 0 radical (unpaired) electrons. The quantitative estimate of drug-likeness (QED) is 0.271. The zero-order chi connectivity index (χ0) is 20.6. The predicted molar refractivity (Wildman–Crippen MR) is 110 cm³/mol. The van der Waals surface area contributed by atoms with Crippen molar-refractivity contribution in [1.82, 2.24) is 5.43 Å². The molecule has 156 valence electrons. The molecule has 29 heavy (non-hydrogen) atoms. The number of rotatable bonds is 9. The van der Waals surface area contributed by atoms with Gasteiger partial charge >= 0.3 is 5.97 Å². The number of unbranched alkanes of at least 4 members (excludes halogenated alkanes) is 1. The Morgan fingerprint density at radius 3 is 2.48 bits per heavy atom. The maximum Gasteiger partial charge on any atom is 0.303 e. The van der Waals surface area contributed by atoms with Gasteiger partial charge in [-0.1, -0.05) is 12.2 Å². The molecule has 1 amide bonds. The minimum Gasteiger partial charge on any atom is -0.481 e. The second kappa shape index (κ2) is 10.3. The van der Waals surface area contributed by atoms with Crippen LogP contribution in [0.5, 0.6) is 0 Å². The minimum atomic E-state index is -0.748. The van der Waals surface area contributed by atoms with Gasteiger partial charge in [0.2, 0.25) is 0 Å². The maximum absolute atomic E-state index is 13.0. The van der Waals surface area contributed by atoms with E-state index < -0.39 is 5.97 Å². The molecule has 3 aliphatic rings. The zero-order valence-electron chi connectivity index (χ0n) is 16.6. The fourth-order valence-electron chi connectivity index (χ4n) is 4.79. The molecule has 0 aromatic heterocycles. The Hall–Kier alpha value is -2.50. The lowest BCUT2D eigenvalue weighted by Crippen LogP contribution is -2.41. The Bertz CT molecular complexity index is 752. The number of hydrazone groups is 1. The maximum atomic E-state index is 13.0. The summed E-state index contributed by atoms with van der Waals surface area (Å²) < 4.78 is 13.0. The summed E-state index contributed by atoms with van der Waals surface area (Å²) in [7, 11) is 0. The van der Waals surface area contributed by atoms with E-state index in [0.717, 1.165) is 12.8 Å². The van der Waals surface area contributed by atoms with E-state index in [2.05, 4.69) is 22.7 Å². The van der Waals surface area contributed by atoms with Gasteiger partial charge in [-0.15, -0.1) is 0 Å². The molecule has 0 unspecified atom stereocenters. The molecule has 3 saturated carbocycles. The molecule has 6 heteroatoms. The van der Waals surface area contributed by atoms with Crippen molar-refractivity contribution < 1.29 is 19.1 Å². The van der Waals surface area contributed by atoms with E-state index in [1.165, 1.54) is 49.9 Å². The number of allylic oxidation sites excluding steroid dienone is 2. The molecule has 0 aliphatic heterocycles. The first kappa shape index (κ1) is 21.2. The Morgan fingerprint density at radius 1 is 1.10 bits per heavy atom. The molecule has 4 rings (SSSR count). The number of carbonyl (C=O) groups is 2. The van der Waals surface area contributed by atoms with Gasteiger partial charge in [0.25, 0.3) is 5.91 Å². The first-order valence-corrected chi connectivity index (χ1v) is 10.5. The van der Waals surface area contributed by atoms with Gasteiger partial charge in [-0.25, -0.2) is 9.82 Å². The largest absolute Gasteiger partial charge is 0.481 e. The Morgan fingerprint density at radius 2 is 1.79 bits per heavy atom. The second-order valence-electron chi connectivity index (χ2n) is 8.14. The van der Waals surface area contributed by atoms with Gasteiger partial charge in [-0.2, -0.15) is 5.10 Å². The SMILES string of the molecule is O=C(O)CCC/C=C\C[C@H]1C2CCC(CC2)[C@@H]1C=NNC(=O)c1ccc(F)cc1. The Kier molecular flexibility index (Phi) is 7.55. The highest BCUT2D eigenvalue weighted by molar-refractivity contribution is 5.94. The van der Waals surface area contributed by atoms with E-state index in [4.69, 9.17) is 5.11 Å². The zero-order valence-corrected chi connectivity index (χ0v) is 16.6. The summed E-state index contributed by atoms with van der Waals surface area (Å²) in [6.07, 6.45) is 13.8. The number of nitrogens with zero attached hydrogens (tertiary/aromatic N) is 1. The number of carboxylic acid groups (broad SMARTS) is 1. The number of fused-ring (bicyclic) bond motifs is 3. The van der Waals surface area contributed by atoms with Crippen molar-refractivity contribution in [3.63, 3.8) is 0 Å². The highest BCUT2D eigenvalue weighted by Gasteiger charge is 2.42. The number of aliphatic carboxylic acids is 1. The first-order valence-electron chi connectivity index (χ1n) is 10.5. The summed E-state index contributed by atoms with van der Waals surface area (Å²) in [5, 5.41) is 12.9. The summed E-state index contributed by atoms with van der Waals surface area (Å²) in [6.45, 7) is 0. The summed E-state index contributed by atoms with van der Waals surface area (Å²) in [6, 6.07) is 5.41. The molecule has 3 aliphatic carbocycles. The van der Waals surface area contributed by atoms with Gasteiger partial charge in [0, 0.05) is 24.1 Å². The summed E-state index contributed by atoms with van der Waals surface area (Å²) in [4.78, 5) is 22.7. The van der Waals surface area contributed by atoms with Crippen LogP contribution in [0, 0.1) is 29.5 Å². The number of halogens is 1. The number of carboxylic acids is 1. The van der Waals surface area contributed by atoms with Crippen LogP contribution in [0.3, 0.4) is 0 Å². The van der Waals surface area contributed by atoms with Crippen LogP contribution in [-0.2, 0) is 4.79 Å². The molecular weight excluding hydrogens is 371 g/mol. The highest BCUT2D eigenvalue weighted by atomic mass is 19.1. The smallest absolute Gasteiger partial charge is 0.303 e. The van der Waals surface area contributed by atoms with E-state index in [1.54, 1.807) is 0 Å². The van der Waals surface area contributed by atoms with Crippen molar-refractivity contribution in [2.24, 2.45) is 28.8 Å². The average molecular weight is 400 g/mol. The van der Waals surface area contributed by atoms with Crippen molar-refractivity contribution in [2.75, 3.05) is 0 Å². The minimum absolute atomic E-state index is 0.210. The Labute approximate surface area is 171 Å². The van der Waals surface area contributed by atoms with E-state index in [9.17, 15) is 14.0 Å². The lowest BCUT2D eigenvalue weighted by atomic mass is 9.58. The molecule has 5 nitrogen and oxygen atoms in total. The van der Waals surface area contributed by atoms with Gasteiger partial charge in [0.05, 0.1) is 0 Å². The van der Waals surface area contributed by atoms with Crippen LogP contribution in [0.4, 0.5) is 4.39 Å². The van der Waals surface area contributed by atoms with Crippen molar-refractivity contribution in [1.29, 1.82) is 0 Å². The molecule has 2 N–H and O–H groups in total. The van der Waals surface area contributed by atoms with Crippen molar-refractivity contribution >= 4 is 18.1 Å². The third-order valence-electron chi connectivity index (χ3n) is 6.32. The number of nitrogens with one attached hydrogen (secondary N) is 1. The fraction of sp³-hybridized carbons (Fsp3) is 0.522. The second-order valence-corrected chi connectivity index (χ2v) is 8.14. The predicted octanol–water partition coefficient (Wildman–Crippen LogP) is 4.79. The van der Waals surface area contributed by atoms with Crippen molar-refractivity contribution in [3.8, 4) is 0 Å². The van der Waals surface area contributed by atoms with Crippen LogP contribution in [0.1, 0.15) is 61.7 Å². The van der Waals surface area contributed by atoms with Crippen LogP contribution in [-0.4, -0.2) is 23.2 Å². The van der Waals surface area contributed by atoms with E-state index in [-0.39, 0.29) is 18.1 Å². The van der Waals surface area contributed by atoms with E-state index in [0.29, 0.717) is 35.7 Å². The number of carbonyl (C=O) groups excluding carboxylic acids is 1. The number of amides is 1. The first-order chi connectivity index (χ1) is 14.0. The summed E-state index contributed by atoms with van der Waals surface area (Å²) >= 11 is 0. The van der Waals surface area contributed by atoms with Crippen LogP contribution in [0.25, 0.3) is 0 Å². The molecule has 2 atom stereocenters. The standard InChI is InChI=1S/C23H29FN2O3/c24-19-13-11-18(12-14-19)23(29)26-25-15-21-17-9-7-16(8-10-17)20(21)5-3-1-2-4-6-22(27)28/h1,3,11-17,20-21H,2,4-10H2,(H,26,29)(H,27,28)/b3-1-,25-15?/t16?,17?,20-,21-/m0/s1. The van der Waals surface area contributed by atoms with Crippen molar-refractivity contribution in [2.45, 2.75) is 51.4 Å². The number of hydrogen-bond donors (Lipinski definition) is 2. The summed E-state index contributed by atoms with van der Waals surface area (Å²) in [5.74, 6) is 0.704. The number of benzene rings is 1. The topological polar surface area (TPSA) is 78.8 Å². The lowest BCUT2D eigenvalue weighted by Gasteiger charge is -2.47. The third-order valence-corrected chi connectivity index (χ3v) is 6.32. The Balaban J connectivity index is 1.54. The van der Waals surface area contributed by atoms with E-state index >= 15 is 0 Å². The number of hydrogen-bond acceptors (Lipinski definition) is 3. The molecular formula is C23H29FN2O3. The molecule has 0 saturated heterocycles. The molecule has 0 heterocycles. The molecule has 1 aromatic carbocycles. The lowest BCUT2D eigenvalue weighted by molar-refractivity contribution is -0.137.